The molecule has 0 amide bonds. The molecule has 2 rings (SSSR count). The number of nitrogens with zero attached hydrogens (tertiary/aromatic N) is 3. The zero-order chi connectivity index (χ0) is 19.6. The first-order chi connectivity index (χ1) is 13.1. The van der Waals surface area contributed by atoms with Crippen molar-refractivity contribution in [2.75, 3.05) is 18.6 Å². The molecule has 0 aliphatic heterocycles. The summed E-state index contributed by atoms with van der Waals surface area (Å²) < 4.78 is 16.9. The molecule has 0 unspecified atom stereocenters. The molecule has 1 aromatic heterocycles. The molecule has 2 aromatic rings. The van der Waals surface area contributed by atoms with Crippen LogP contribution in [0.1, 0.15) is 50.8 Å². The fraction of sp³-hybridized carbons (Fsp3) is 0.350. The van der Waals surface area contributed by atoms with Gasteiger partial charge in [0.1, 0.15) is 6.07 Å². The number of oxazole rings is 1. The number of ether oxygens (including phenoxy) is 2. The summed E-state index contributed by atoms with van der Waals surface area (Å²) in [5.41, 5.74) is 4.27. The van der Waals surface area contributed by atoms with Gasteiger partial charge >= 0.3 is 0 Å². The third-order valence-electron chi connectivity index (χ3n) is 3.50. The molecular formula is C20H24N4O3. The molecule has 0 fully saturated rings. The lowest BCUT2D eigenvalue weighted by Crippen LogP contribution is -2.01. The van der Waals surface area contributed by atoms with Crippen LogP contribution in [-0.4, -0.2) is 24.4 Å². The third-order valence-corrected chi connectivity index (χ3v) is 3.50. The molecule has 0 radical (unpaired) electrons. The van der Waals surface area contributed by atoms with Crippen molar-refractivity contribution in [2.45, 2.75) is 33.6 Å². The summed E-state index contributed by atoms with van der Waals surface area (Å²) in [5.74, 6) is 1.86. The highest BCUT2D eigenvalue weighted by atomic mass is 16.5. The zero-order valence-electron chi connectivity index (χ0n) is 15.9. The number of aromatic nitrogens is 1. The van der Waals surface area contributed by atoms with E-state index in [9.17, 15) is 0 Å². The Hall–Kier alpha value is -3.27. The highest BCUT2D eigenvalue weighted by Gasteiger charge is 2.12. The van der Waals surface area contributed by atoms with E-state index in [1.165, 1.54) is 0 Å². The Bertz CT molecular complexity index is 849. The Morgan fingerprint density at radius 1 is 1.37 bits per heavy atom. The molecule has 1 N–H and O–H groups in total. The fourth-order valence-corrected chi connectivity index (χ4v) is 2.14. The monoisotopic (exact) mass is 368 g/mol. The van der Waals surface area contributed by atoms with Crippen molar-refractivity contribution < 1.29 is 13.9 Å². The number of nitrogens with one attached hydrogen (secondary N) is 1. The van der Waals surface area contributed by atoms with Crippen LogP contribution >= 0.6 is 0 Å². The van der Waals surface area contributed by atoms with Crippen LogP contribution in [0.5, 0.6) is 11.5 Å². The van der Waals surface area contributed by atoms with Crippen molar-refractivity contribution in [3.05, 3.63) is 41.9 Å². The minimum atomic E-state index is 0.125. The van der Waals surface area contributed by atoms with Crippen LogP contribution < -0.4 is 14.9 Å². The van der Waals surface area contributed by atoms with Crippen molar-refractivity contribution >= 4 is 17.7 Å². The Kier molecular flexibility index (Phi) is 7.44. The Labute approximate surface area is 159 Å². The summed E-state index contributed by atoms with van der Waals surface area (Å²) in [4.78, 5) is 4.04. The zero-order valence-corrected chi connectivity index (χ0v) is 15.9. The van der Waals surface area contributed by atoms with E-state index in [2.05, 4.69) is 29.0 Å². The van der Waals surface area contributed by atoms with Gasteiger partial charge in [-0.3, -0.25) is 0 Å². The molecule has 142 valence electrons. The number of unbranched alkanes of at least 4 members (excludes halogenated alkanes) is 1. The van der Waals surface area contributed by atoms with Crippen molar-refractivity contribution in [1.82, 2.24) is 4.98 Å². The second-order valence-corrected chi connectivity index (χ2v) is 5.80. The maximum Gasteiger partial charge on any atom is 0.252 e. The van der Waals surface area contributed by atoms with Crippen LogP contribution in [0.3, 0.4) is 0 Å². The molecular weight excluding hydrogens is 344 g/mol. The van der Waals surface area contributed by atoms with Crippen LogP contribution in [0.4, 0.5) is 5.88 Å². The van der Waals surface area contributed by atoms with Crippen LogP contribution in [-0.2, 0) is 0 Å². The van der Waals surface area contributed by atoms with Gasteiger partial charge in [-0.05, 0) is 44.0 Å². The molecule has 0 atom stereocenters. The van der Waals surface area contributed by atoms with Gasteiger partial charge in [-0.25, -0.2) is 5.43 Å². The first kappa shape index (κ1) is 20.0. The second kappa shape index (κ2) is 10.0. The third kappa shape index (κ3) is 5.61. The lowest BCUT2D eigenvalue weighted by Gasteiger charge is -2.12. The Morgan fingerprint density at radius 3 is 2.85 bits per heavy atom. The van der Waals surface area contributed by atoms with Gasteiger partial charge in [-0.2, -0.15) is 15.3 Å². The molecule has 7 nitrogen and oxygen atoms in total. The highest BCUT2D eigenvalue weighted by Crippen LogP contribution is 2.28. The van der Waals surface area contributed by atoms with Gasteiger partial charge in [0.05, 0.1) is 19.4 Å². The van der Waals surface area contributed by atoms with Gasteiger partial charge < -0.3 is 13.9 Å². The van der Waals surface area contributed by atoms with Gasteiger partial charge in [0.25, 0.3) is 5.88 Å². The van der Waals surface area contributed by atoms with Gasteiger partial charge in [-0.15, -0.1) is 0 Å². The summed E-state index contributed by atoms with van der Waals surface area (Å²) in [7, 11) is 0. The lowest BCUT2D eigenvalue weighted by molar-refractivity contribution is 0.272. The van der Waals surface area contributed by atoms with Crippen molar-refractivity contribution in [3.63, 3.8) is 0 Å². The topological polar surface area (TPSA) is 92.7 Å². The normalized spacial score (nSPS) is 10.6. The summed E-state index contributed by atoms with van der Waals surface area (Å²) in [6.07, 6.45) is 3.66. The van der Waals surface area contributed by atoms with E-state index in [-0.39, 0.29) is 11.6 Å². The number of rotatable bonds is 10. The van der Waals surface area contributed by atoms with E-state index in [1.54, 1.807) is 13.1 Å². The van der Waals surface area contributed by atoms with Gasteiger partial charge in [0.2, 0.25) is 11.6 Å². The number of nitriles is 1. The first-order valence-electron chi connectivity index (χ1n) is 8.84. The summed E-state index contributed by atoms with van der Waals surface area (Å²) >= 11 is 0. The fourth-order valence-electron chi connectivity index (χ4n) is 2.14. The molecule has 7 heteroatoms. The van der Waals surface area contributed by atoms with E-state index in [0.29, 0.717) is 36.2 Å². The standard InChI is InChI=1S/C20H24N4O3/c1-5-7-10-26-17-9-8-15(11-18(17)25-6-2)13-22-24-20-16(12-21)23-19(27-20)14(3)4/h8-9,11,13,24H,3,5-7,10H2,1-2,4H3/b22-13+. The summed E-state index contributed by atoms with van der Waals surface area (Å²) in [6, 6.07) is 7.54. The minimum absolute atomic E-state index is 0.125. The van der Waals surface area contributed by atoms with E-state index in [4.69, 9.17) is 19.2 Å². The number of allylic oxidation sites excluding steroid dienone is 1. The van der Waals surface area contributed by atoms with Gasteiger partial charge in [0, 0.05) is 5.57 Å². The predicted octanol–water partition coefficient (Wildman–Crippen LogP) is 4.60. The maximum atomic E-state index is 9.12. The molecule has 0 aliphatic carbocycles. The average Bonchev–Trinajstić information content (AvgIpc) is 3.07. The number of anilines is 1. The van der Waals surface area contributed by atoms with E-state index >= 15 is 0 Å². The van der Waals surface area contributed by atoms with E-state index in [0.717, 1.165) is 18.4 Å². The lowest BCUT2D eigenvalue weighted by atomic mass is 10.2. The molecule has 0 saturated heterocycles. The average molecular weight is 368 g/mol. The Morgan fingerprint density at radius 2 is 2.19 bits per heavy atom. The largest absolute Gasteiger partial charge is 0.490 e. The van der Waals surface area contributed by atoms with Gasteiger partial charge in [0.15, 0.2) is 11.5 Å². The number of hydrogen-bond donors (Lipinski definition) is 1. The second-order valence-electron chi connectivity index (χ2n) is 5.80. The molecule has 0 saturated carbocycles. The van der Waals surface area contributed by atoms with Crippen molar-refractivity contribution in [1.29, 1.82) is 5.26 Å². The quantitative estimate of drug-likeness (QED) is 0.374. The SMILES string of the molecule is C=C(C)c1nc(C#N)c(N/N=C/c2ccc(OCCCC)c(OCC)c2)o1. The summed E-state index contributed by atoms with van der Waals surface area (Å²) in [5, 5.41) is 13.2. The van der Waals surface area contributed by atoms with E-state index < -0.39 is 0 Å². The van der Waals surface area contributed by atoms with Gasteiger partial charge in [-0.1, -0.05) is 19.9 Å². The van der Waals surface area contributed by atoms with Crippen molar-refractivity contribution in [3.8, 4) is 17.6 Å². The van der Waals surface area contributed by atoms with Crippen LogP contribution in [0.2, 0.25) is 0 Å². The van der Waals surface area contributed by atoms with Crippen LogP contribution in [0.15, 0.2) is 34.3 Å². The molecule has 1 aromatic carbocycles. The smallest absolute Gasteiger partial charge is 0.252 e. The number of hydrogen-bond acceptors (Lipinski definition) is 7. The molecule has 0 aliphatic rings. The number of hydrazone groups is 1. The van der Waals surface area contributed by atoms with E-state index in [1.807, 2.05) is 31.2 Å². The molecule has 1 heterocycles. The molecule has 0 bridgehead atoms. The van der Waals surface area contributed by atoms with Crippen molar-refractivity contribution in [2.24, 2.45) is 5.10 Å². The Balaban J connectivity index is 2.11. The predicted molar refractivity (Wildman–Crippen MR) is 105 cm³/mol. The molecule has 27 heavy (non-hydrogen) atoms. The van der Waals surface area contributed by atoms with Crippen LogP contribution in [0.25, 0.3) is 5.57 Å². The molecule has 0 spiro atoms. The maximum absolute atomic E-state index is 9.12. The summed E-state index contributed by atoms with van der Waals surface area (Å²) in [6.45, 7) is 10.7. The highest BCUT2D eigenvalue weighted by molar-refractivity contribution is 5.81. The first-order valence-corrected chi connectivity index (χ1v) is 8.84. The minimum Gasteiger partial charge on any atom is -0.490 e. The number of benzene rings is 1. The van der Waals surface area contributed by atoms with Crippen LogP contribution in [0, 0.1) is 11.3 Å².